The third-order valence-electron chi connectivity index (χ3n) is 7.35. The number of para-hydroxylation sites is 1. The van der Waals surface area contributed by atoms with Gasteiger partial charge in [0, 0.05) is 24.1 Å². The maximum atomic E-state index is 12.5. The summed E-state index contributed by atoms with van der Waals surface area (Å²) in [5.74, 6) is 0.776. The fourth-order valence-electron chi connectivity index (χ4n) is 5.40. The molecule has 0 unspecified atom stereocenters. The van der Waals surface area contributed by atoms with E-state index in [1.165, 1.54) is 23.4 Å². The van der Waals surface area contributed by atoms with E-state index in [9.17, 15) is 4.79 Å². The van der Waals surface area contributed by atoms with E-state index in [4.69, 9.17) is 9.47 Å². The molecule has 0 radical (unpaired) electrons. The number of fused-ring (bicyclic) bond motifs is 2. The Morgan fingerprint density at radius 3 is 2.64 bits per heavy atom. The van der Waals surface area contributed by atoms with E-state index in [2.05, 4.69) is 85.9 Å². The van der Waals surface area contributed by atoms with Crippen LogP contribution in [0.25, 0.3) is 10.8 Å². The molecule has 0 saturated heterocycles. The number of esters is 1. The number of ether oxygens (including phenoxy) is 2. The number of carbonyl (C=O) groups is 1. The molecule has 0 spiro atoms. The Labute approximate surface area is 213 Å². The number of nitrogens with one attached hydrogen (secondary N) is 1. The molecular formula is C32H33NO3. The molecule has 1 heterocycles. The molecule has 0 fully saturated rings. The van der Waals surface area contributed by atoms with Gasteiger partial charge in [-0.3, -0.25) is 0 Å². The lowest BCUT2D eigenvalue weighted by Gasteiger charge is -2.33. The number of methoxy groups -OCH3 is 1. The number of hydrogen-bond donors (Lipinski definition) is 1. The second-order valence-electron chi connectivity index (χ2n) is 9.53. The summed E-state index contributed by atoms with van der Waals surface area (Å²) in [5.41, 5.74) is 5.24. The summed E-state index contributed by atoms with van der Waals surface area (Å²) < 4.78 is 11.5. The third kappa shape index (κ3) is 4.74. The minimum Gasteiger partial charge on any atom is -0.489 e. The first-order chi connectivity index (χ1) is 17.6. The van der Waals surface area contributed by atoms with Gasteiger partial charge >= 0.3 is 5.97 Å². The van der Waals surface area contributed by atoms with Crippen molar-refractivity contribution in [3.8, 4) is 5.75 Å². The highest BCUT2D eigenvalue weighted by Gasteiger charge is 2.30. The molecule has 4 heteroatoms. The molecule has 0 aliphatic carbocycles. The Morgan fingerprint density at radius 1 is 1.03 bits per heavy atom. The second-order valence-corrected chi connectivity index (χ2v) is 9.53. The number of hydrogen-bond acceptors (Lipinski definition) is 4. The first-order valence-electron chi connectivity index (χ1n) is 12.8. The van der Waals surface area contributed by atoms with E-state index in [-0.39, 0.29) is 24.0 Å². The molecule has 36 heavy (non-hydrogen) atoms. The summed E-state index contributed by atoms with van der Waals surface area (Å²) in [5, 5.41) is 6.25. The van der Waals surface area contributed by atoms with Crippen molar-refractivity contribution in [2.45, 2.75) is 44.8 Å². The van der Waals surface area contributed by atoms with E-state index < -0.39 is 0 Å². The van der Waals surface area contributed by atoms with E-state index in [1.807, 2.05) is 18.2 Å². The fourth-order valence-corrected chi connectivity index (χ4v) is 5.40. The molecule has 4 aromatic carbocycles. The molecule has 1 aliphatic rings. The van der Waals surface area contributed by atoms with Crippen LogP contribution in [0.15, 0.2) is 84.9 Å². The molecule has 1 aliphatic heterocycles. The van der Waals surface area contributed by atoms with Gasteiger partial charge in [0.25, 0.3) is 0 Å². The highest BCUT2D eigenvalue weighted by Crippen LogP contribution is 2.41. The lowest BCUT2D eigenvalue weighted by Crippen LogP contribution is -2.37. The Balaban J connectivity index is 1.39. The van der Waals surface area contributed by atoms with Crippen LogP contribution in [-0.4, -0.2) is 25.7 Å². The zero-order chi connectivity index (χ0) is 25.1. The van der Waals surface area contributed by atoms with Gasteiger partial charge in [-0.25, -0.2) is 4.79 Å². The van der Waals surface area contributed by atoms with Crippen LogP contribution in [0, 0.1) is 0 Å². The quantitative estimate of drug-likeness (QED) is 0.295. The summed E-state index contributed by atoms with van der Waals surface area (Å²) >= 11 is 0. The van der Waals surface area contributed by atoms with Crippen molar-refractivity contribution < 1.29 is 14.3 Å². The first-order valence-corrected chi connectivity index (χ1v) is 12.8. The topological polar surface area (TPSA) is 47.6 Å². The first kappa shape index (κ1) is 24.1. The van der Waals surface area contributed by atoms with Crippen molar-refractivity contribution >= 4 is 16.7 Å². The largest absolute Gasteiger partial charge is 0.489 e. The van der Waals surface area contributed by atoms with Gasteiger partial charge in [-0.2, -0.15) is 0 Å². The van der Waals surface area contributed by atoms with Gasteiger partial charge in [0.1, 0.15) is 11.9 Å². The monoisotopic (exact) mass is 479 g/mol. The number of benzene rings is 4. The average Bonchev–Trinajstić information content (AvgIpc) is 2.94. The van der Waals surface area contributed by atoms with Crippen molar-refractivity contribution in [2.75, 3.05) is 13.7 Å². The van der Waals surface area contributed by atoms with Crippen molar-refractivity contribution in [1.29, 1.82) is 0 Å². The molecule has 0 amide bonds. The fraction of sp³-hybridized carbons (Fsp3) is 0.281. The Morgan fingerprint density at radius 2 is 1.81 bits per heavy atom. The average molecular weight is 480 g/mol. The summed E-state index contributed by atoms with van der Waals surface area (Å²) in [4.78, 5) is 12.5. The van der Waals surface area contributed by atoms with Crippen molar-refractivity contribution in [3.63, 3.8) is 0 Å². The second kappa shape index (κ2) is 10.5. The molecule has 1 N–H and O–H groups in total. The SMILES string of the molecule is CCc1ccc([C@H]2C[C@H](CN[C@H](C)c3cccc4ccccc34)Oc3ccccc32)cc1C(=O)OC. The maximum absolute atomic E-state index is 12.5. The Hall–Kier alpha value is -3.63. The van der Waals surface area contributed by atoms with E-state index in [1.54, 1.807) is 0 Å². The molecule has 3 atom stereocenters. The summed E-state index contributed by atoms with van der Waals surface area (Å²) in [6, 6.07) is 29.7. The standard InChI is InChI=1S/C32H33NO3/c1-4-22-16-17-24(18-30(22)32(34)35-3)29-19-25(36-31-15-8-7-13-28(29)31)20-33-21(2)26-14-9-11-23-10-5-6-12-27(23)26/h5-18,21,25,29,33H,4,19-20H2,1-3H3/t21-,25-,29-/m1/s1. The van der Waals surface area contributed by atoms with Crippen LogP contribution in [0.1, 0.15) is 64.8 Å². The van der Waals surface area contributed by atoms with Gasteiger partial charge in [0.05, 0.1) is 12.7 Å². The highest BCUT2D eigenvalue weighted by molar-refractivity contribution is 5.91. The smallest absolute Gasteiger partial charge is 0.338 e. The van der Waals surface area contributed by atoms with Crippen LogP contribution in [0.2, 0.25) is 0 Å². The van der Waals surface area contributed by atoms with Crippen LogP contribution in [0.4, 0.5) is 0 Å². The van der Waals surface area contributed by atoms with Crippen LogP contribution in [0.5, 0.6) is 5.75 Å². The zero-order valence-corrected chi connectivity index (χ0v) is 21.2. The molecule has 4 nitrogen and oxygen atoms in total. The minimum absolute atomic E-state index is 0.00903. The van der Waals surface area contributed by atoms with Crippen molar-refractivity contribution in [3.05, 3.63) is 113 Å². The molecule has 184 valence electrons. The van der Waals surface area contributed by atoms with Gasteiger partial charge in [-0.05, 0) is 59.4 Å². The van der Waals surface area contributed by atoms with Crippen LogP contribution >= 0.6 is 0 Å². The molecule has 0 bridgehead atoms. The molecule has 0 saturated carbocycles. The number of carbonyl (C=O) groups excluding carboxylic acids is 1. The van der Waals surface area contributed by atoms with E-state index >= 15 is 0 Å². The lowest BCUT2D eigenvalue weighted by molar-refractivity contribution is 0.0599. The number of aryl methyl sites for hydroxylation is 1. The van der Waals surface area contributed by atoms with Gasteiger partial charge in [0.15, 0.2) is 0 Å². The third-order valence-corrected chi connectivity index (χ3v) is 7.35. The van der Waals surface area contributed by atoms with Gasteiger partial charge in [0.2, 0.25) is 0 Å². The Bertz CT molecular complexity index is 1370. The maximum Gasteiger partial charge on any atom is 0.338 e. The summed E-state index contributed by atoms with van der Waals surface area (Å²) in [6.07, 6.45) is 1.63. The van der Waals surface area contributed by atoms with Gasteiger partial charge in [-0.15, -0.1) is 0 Å². The lowest BCUT2D eigenvalue weighted by atomic mass is 9.82. The molecule has 5 rings (SSSR count). The normalized spacial score (nSPS) is 17.8. The number of rotatable bonds is 7. The molecule has 0 aromatic heterocycles. The van der Waals surface area contributed by atoms with E-state index in [0.29, 0.717) is 5.56 Å². The minimum atomic E-state index is -0.281. The van der Waals surface area contributed by atoms with E-state index in [0.717, 1.165) is 41.8 Å². The van der Waals surface area contributed by atoms with Gasteiger partial charge in [-0.1, -0.05) is 79.7 Å². The highest BCUT2D eigenvalue weighted by atomic mass is 16.5. The van der Waals surface area contributed by atoms with Crippen LogP contribution in [-0.2, 0) is 11.2 Å². The summed E-state index contributed by atoms with van der Waals surface area (Å²) in [7, 11) is 1.44. The zero-order valence-electron chi connectivity index (χ0n) is 21.2. The summed E-state index contributed by atoms with van der Waals surface area (Å²) in [6.45, 7) is 5.00. The molecular weight excluding hydrogens is 446 g/mol. The van der Waals surface area contributed by atoms with Crippen molar-refractivity contribution in [1.82, 2.24) is 5.32 Å². The Kier molecular flexibility index (Phi) is 7.06. The van der Waals surface area contributed by atoms with Crippen LogP contribution in [0.3, 0.4) is 0 Å². The van der Waals surface area contributed by atoms with Crippen molar-refractivity contribution in [2.24, 2.45) is 0 Å². The molecule has 4 aromatic rings. The van der Waals surface area contributed by atoms with Gasteiger partial charge < -0.3 is 14.8 Å². The van der Waals surface area contributed by atoms with Crippen LogP contribution < -0.4 is 10.1 Å². The predicted octanol–water partition coefficient (Wildman–Crippen LogP) is 6.82. The predicted molar refractivity (Wildman–Crippen MR) is 145 cm³/mol.